The minimum Gasteiger partial charge on any atom is -0.326 e. The molecule has 4 nitrogen and oxygen atoms in total. The van der Waals surface area contributed by atoms with Crippen molar-refractivity contribution in [2.45, 2.75) is 50.9 Å². The molecule has 0 spiro atoms. The monoisotopic (exact) mass is 296 g/mol. The minimum absolute atomic E-state index is 0.0746. The second-order valence-electron chi connectivity index (χ2n) is 5.42. The molecule has 2 N–H and O–H groups in total. The lowest BCUT2D eigenvalue weighted by molar-refractivity contribution is 0.335. The predicted molar refractivity (Wildman–Crippen MR) is 81.6 cm³/mol. The van der Waals surface area contributed by atoms with E-state index in [2.05, 4.69) is 0 Å². The molecule has 1 aromatic rings. The molecule has 1 aliphatic carbocycles. The Bertz CT molecular complexity index is 537. The van der Waals surface area contributed by atoms with Crippen LogP contribution in [-0.4, -0.2) is 25.3 Å². The maximum absolute atomic E-state index is 12.6. The Balaban J connectivity index is 2.15. The highest BCUT2D eigenvalue weighted by molar-refractivity contribution is 7.88. The Labute approximate surface area is 122 Å². The number of benzene rings is 1. The van der Waals surface area contributed by atoms with E-state index in [9.17, 15) is 8.42 Å². The first-order valence-corrected chi connectivity index (χ1v) is 8.95. The van der Waals surface area contributed by atoms with Crippen molar-refractivity contribution in [3.05, 3.63) is 35.4 Å². The first-order chi connectivity index (χ1) is 9.56. The molecule has 112 valence electrons. The molecule has 20 heavy (non-hydrogen) atoms. The van der Waals surface area contributed by atoms with Crippen LogP contribution in [0.2, 0.25) is 0 Å². The Kier molecular flexibility index (Phi) is 5.18. The zero-order valence-corrected chi connectivity index (χ0v) is 12.9. The van der Waals surface area contributed by atoms with Gasteiger partial charge in [-0.1, -0.05) is 44.0 Å². The molecule has 1 aliphatic rings. The highest BCUT2D eigenvalue weighted by atomic mass is 32.2. The lowest BCUT2D eigenvalue weighted by Gasteiger charge is -2.26. The van der Waals surface area contributed by atoms with Gasteiger partial charge in [-0.15, -0.1) is 0 Å². The molecule has 1 fully saturated rings. The van der Waals surface area contributed by atoms with E-state index in [1.54, 1.807) is 4.31 Å². The normalized spacial score (nSPS) is 16.9. The van der Waals surface area contributed by atoms with Gasteiger partial charge in [0.15, 0.2) is 0 Å². The molecule has 1 saturated carbocycles. The van der Waals surface area contributed by atoms with Crippen LogP contribution in [-0.2, 0) is 22.3 Å². The van der Waals surface area contributed by atoms with Crippen LogP contribution in [0.4, 0.5) is 0 Å². The third kappa shape index (κ3) is 3.59. The smallest absolute Gasteiger partial charge is 0.218 e. The quantitative estimate of drug-likeness (QED) is 0.875. The van der Waals surface area contributed by atoms with Crippen molar-refractivity contribution in [1.29, 1.82) is 0 Å². The number of hydrogen-bond donors (Lipinski definition) is 1. The average molecular weight is 296 g/mol. The molecule has 1 aromatic carbocycles. The van der Waals surface area contributed by atoms with Gasteiger partial charge >= 0.3 is 0 Å². The van der Waals surface area contributed by atoms with Gasteiger partial charge in [0.25, 0.3) is 0 Å². The summed E-state index contributed by atoms with van der Waals surface area (Å²) in [4.78, 5) is 0. The standard InChI is InChI=1S/C15H24N2O2S/c1-2-17(15-8-3-4-9-15)20(18,19)12-14-7-5-6-13(10-14)11-16/h5-7,10,15H,2-4,8-9,11-12,16H2,1H3. The van der Waals surface area contributed by atoms with Gasteiger partial charge in [-0.2, -0.15) is 4.31 Å². The Hall–Kier alpha value is -0.910. The fourth-order valence-electron chi connectivity index (χ4n) is 3.01. The zero-order valence-electron chi connectivity index (χ0n) is 12.1. The van der Waals surface area contributed by atoms with E-state index in [-0.39, 0.29) is 11.8 Å². The van der Waals surface area contributed by atoms with Gasteiger partial charge in [-0.3, -0.25) is 0 Å². The lowest BCUT2D eigenvalue weighted by atomic mass is 10.1. The highest BCUT2D eigenvalue weighted by Gasteiger charge is 2.30. The molecular weight excluding hydrogens is 272 g/mol. The van der Waals surface area contributed by atoms with Crippen LogP contribution >= 0.6 is 0 Å². The molecule has 0 amide bonds. The van der Waals surface area contributed by atoms with Gasteiger partial charge in [0.2, 0.25) is 10.0 Å². The zero-order chi connectivity index (χ0) is 14.6. The molecule has 0 unspecified atom stereocenters. The molecular formula is C15H24N2O2S. The second-order valence-corrected chi connectivity index (χ2v) is 7.34. The SMILES string of the molecule is CCN(C1CCCC1)S(=O)(=O)Cc1cccc(CN)c1. The van der Waals surface area contributed by atoms with Crippen molar-refractivity contribution in [2.24, 2.45) is 5.73 Å². The van der Waals surface area contributed by atoms with E-state index in [0.29, 0.717) is 13.1 Å². The maximum Gasteiger partial charge on any atom is 0.218 e. The summed E-state index contributed by atoms with van der Waals surface area (Å²) in [5.41, 5.74) is 7.41. The summed E-state index contributed by atoms with van der Waals surface area (Å²) >= 11 is 0. The largest absolute Gasteiger partial charge is 0.326 e. The second kappa shape index (κ2) is 6.70. The molecule has 0 bridgehead atoms. The Morgan fingerprint density at radius 3 is 2.50 bits per heavy atom. The fourth-order valence-corrected chi connectivity index (χ4v) is 4.84. The highest BCUT2D eigenvalue weighted by Crippen LogP contribution is 2.26. The summed E-state index contributed by atoms with van der Waals surface area (Å²) in [6.07, 6.45) is 4.27. The molecule has 0 heterocycles. The predicted octanol–water partition coefficient (Wildman–Crippen LogP) is 2.24. The van der Waals surface area contributed by atoms with Crippen molar-refractivity contribution in [1.82, 2.24) is 4.31 Å². The molecule has 2 rings (SSSR count). The van der Waals surface area contributed by atoms with E-state index in [4.69, 9.17) is 5.73 Å². The lowest BCUT2D eigenvalue weighted by Crippen LogP contribution is -2.39. The van der Waals surface area contributed by atoms with E-state index >= 15 is 0 Å². The van der Waals surface area contributed by atoms with Crippen LogP contribution < -0.4 is 5.73 Å². The van der Waals surface area contributed by atoms with Crippen LogP contribution in [0, 0.1) is 0 Å². The molecule has 0 radical (unpaired) electrons. The first-order valence-electron chi connectivity index (χ1n) is 7.34. The minimum atomic E-state index is -3.24. The molecule has 0 atom stereocenters. The van der Waals surface area contributed by atoms with Crippen molar-refractivity contribution < 1.29 is 8.42 Å². The first kappa shape index (κ1) is 15.5. The third-order valence-corrected chi connectivity index (χ3v) is 5.95. The van der Waals surface area contributed by atoms with Crippen LogP contribution in [0.25, 0.3) is 0 Å². The van der Waals surface area contributed by atoms with Gasteiger partial charge in [-0.05, 0) is 24.0 Å². The van der Waals surface area contributed by atoms with Gasteiger partial charge in [0.1, 0.15) is 0 Å². The Morgan fingerprint density at radius 2 is 1.90 bits per heavy atom. The van der Waals surface area contributed by atoms with Crippen LogP contribution in [0.15, 0.2) is 24.3 Å². The van der Waals surface area contributed by atoms with Crippen LogP contribution in [0.1, 0.15) is 43.7 Å². The Morgan fingerprint density at radius 1 is 1.25 bits per heavy atom. The number of hydrogen-bond acceptors (Lipinski definition) is 3. The van der Waals surface area contributed by atoms with Crippen molar-refractivity contribution in [3.63, 3.8) is 0 Å². The molecule has 0 aromatic heterocycles. The van der Waals surface area contributed by atoms with Gasteiger partial charge in [-0.25, -0.2) is 8.42 Å². The van der Waals surface area contributed by atoms with E-state index in [1.165, 1.54) is 0 Å². The molecule has 0 saturated heterocycles. The number of sulfonamides is 1. The number of nitrogens with zero attached hydrogens (tertiary/aromatic N) is 1. The van der Waals surface area contributed by atoms with Crippen LogP contribution in [0.5, 0.6) is 0 Å². The van der Waals surface area contributed by atoms with E-state index < -0.39 is 10.0 Å². The summed E-state index contributed by atoms with van der Waals surface area (Å²) in [6.45, 7) is 2.92. The summed E-state index contributed by atoms with van der Waals surface area (Å²) in [5.74, 6) is 0.0746. The van der Waals surface area contributed by atoms with E-state index in [1.807, 2.05) is 31.2 Å². The van der Waals surface area contributed by atoms with Gasteiger partial charge < -0.3 is 5.73 Å². The van der Waals surface area contributed by atoms with Crippen molar-refractivity contribution in [3.8, 4) is 0 Å². The number of nitrogens with two attached hydrogens (primary N) is 1. The van der Waals surface area contributed by atoms with Crippen molar-refractivity contribution >= 4 is 10.0 Å². The fraction of sp³-hybridized carbons (Fsp3) is 0.600. The van der Waals surface area contributed by atoms with Gasteiger partial charge in [0, 0.05) is 19.1 Å². The summed E-state index contributed by atoms with van der Waals surface area (Å²) in [7, 11) is -3.24. The van der Waals surface area contributed by atoms with Crippen LogP contribution in [0.3, 0.4) is 0 Å². The number of rotatable bonds is 6. The topological polar surface area (TPSA) is 63.4 Å². The van der Waals surface area contributed by atoms with Gasteiger partial charge in [0.05, 0.1) is 5.75 Å². The maximum atomic E-state index is 12.6. The summed E-state index contributed by atoms with van der Waals surface area (Å²) in [6, 6.07) is 7.74. The summed E-state index contributed by atoms with van der Waals surface area (Å²) < 4.78 is 26.9. The van der Waals surface area contributed by atoms with E-state index in [0.717, 1.165) is 36.8 Å². The molecule has 0 aliphatic heterocycles. The van der Waals surface area contributed by atoms with Crippen molar-refractivity contribution in [2.75, 3.05) is 6.54 Å². The average Bonchev–Trinajstić information content (AvgIpc) is 2.92. The molecule has 5 heteroatoms. The third-order valence-electron chi connectivity index (χ3n) is 3.98. The summed E-state index contributed by atoms with van der Waals surface area (Å²) in [5, 5.41) is 0.